The highest BCUT2D eigenvalue weighted by molar-refractivity contribution is 5.39. The molecule has 2 rings (SSSR count). The molecule has 2 aromatic carbocycles. The van der Waals surface area contributed by atoms with E-state index in [1.54, 1.807) is 0 Å². The van der Waals surface area contributed by atoms with Crippen LogP contribution in [0.2, 0.25) is 0 Å². The van der Waals surface area contributed by atoms with Crippen LogP contribution in [0.5, 0.6) is 11.5 Å². The predicted molar refractivity (Wildman–Crippen MR) is 63.5 cm³/mol. The maximum absolute atomic E-state index is 13.1. The number of hydrogen-bond donors (Lipinski definition) is 1. The molecule has 0 heterocycles. The zero-order chi connectivity index (χ0) is 13.1. The summed E-state index contributed by atoms with van der Waals surface area (Å²) in [7, 11) is 0. The van der Waals surface area contributed by atoms with Gasteiger partial charge in [0.25, 0.3) is 0 Å². The van der Waals surface area contributed by atoms with Crippen LogP contribution in [0.3, 0.4) is 0 Å². The normalized spacial score (nSPS) is 12.2. The molecular formula is C14H12F2O2. The molecule has 0 fully saturated rings. The van der Waals surface area contributed by atoms with Crippen LogP contribution in [0.4, 0.5) is 8.78 Å². The molecule has 0 aliphatic carbocycles. The van der Waals surface area contributed by atoms with Gasteiger partial charge in [-0.15, -0.1) is 0 Å². The van der Waals surface area contributed by atoms with Crippen molar-refractivity contribution in [1.29, 1.82) is 0 Å². The van der Waals surface area contributed by atoms with Crippen LogP contribution in [-0.2, 0) is 0 Å². The fraction of sp³-hybridized carbons (Fsp3) is 0.143. The van der Waals surface area contributed by atoms with Gasteiger partial charge in [0.1, 0.15) is 23.1 Å². The highest BCUT2D eigenvalue weighted by Crippen LogP contribution is 2.30. The van der Waals surface area contributed by atoms with E-state index in [1.165, 1.54) is 49.4 Å². The summed E-state index contributed by atoms with van der Waals surface area (Å²) < 4.78 is 31.3. The summed E-state index contributed by atoms with van der Waals surface area (Å²) in [5, 5.41) is 9.54. The van der Waals surface area contributed by atoms with Gasteiger partial charge >= 0.3 is 0 Å². The Morgan fingerprint density at radius 2 is 1.61 bits per heavy atom. The zero-order valence-electron chi connectivity index (χ0n) is 9.73. The average Bonchev–Trinajstić information content (AvgIpc) is 2.34. The van der Waals surface area contributed by atoms with Crippen molar-refractivity contribution < 1.29 is 18.6 Å². The Hall–Kier alpha value is -1.94. The Morgan fingerprint density at radius 3 is 2.22 bits per heavy atom. The van der Waals surface area contributed by atoms with Crippen molar-refractivity contribution >= 4 is 0 Å². The Labute approximate surface area is 103 Å². The van der Waals surface area contributed by atoms with E-state index in [4.69, 9.17) is 4.74 Å². The third kappa shape index (κ3) is 2.84. The van der Waals surface area contributed by atoms with Crippen LogP contribution < -0.4 is 4.74 Å². The van der Waals surface area contributed by atoms with E-state index < -0.39 is 11.9 Å². The first-order valence-corrected chi connectivity index (χ1v) is 5.47. The van der Waals surface area contributed by atoms with Gasteiger partial charge in [-0.1, -0.05) is 0 Å². The van der Waals surface area contributed by atoms with Crippen molar-refractivity contribution in [2.75, 3.05) is 0 Å². The predicted octanol–water partition coefficient (Wildman–Crippen LogP) is 3.81. The highest BCUT2D eigenvalue weighted by atomic mass is 19.1. The molecule has 2 nitrogen and oxygen atoms in total. The molecule has 0 spiro atoms. The van der Waals surface area contributed by atoms with E-state index in [1.807, 2.05) is 0 Å². The van der Waals surface area contributed by atoms with Crippen LogP contribution in [0, 0.1) is 11.6 Å². The minimum Gasteiger partial charge on any atom is -0.457 e. The summed E-state index contributed by atoms with van der Waals surface area (Å²) in [6.07, 6.45) is -0.851. The zero-order valence-corrected chi connectivity index (χ0v) is 9.73. The largest absolute Gasteiger partial charge is 0.457 e. The molecule has 1 N–H and O–H groups in total. The number of ether oxygens (including phenoxy) is 1. The second kappa shape index (κ2) is 5.14. The minimum absolute atomic E-state index is 0.345. The van der Waals surface area contributed by atoms with E-state index >= 15 is 0 Å². The molecule has 0 radical (unpaired) electrons. The molecule has 0 aromatic heterocycles. The summed E-state index contributed by atoms with van der Waals surface area (Å²) >= 11 is 0. The molecule has 4 heteroatoms. The van der Waals surface area contributed by atoms with Gasteiger partial charge in [0.15, 0.2) is 0 Å². The average molecular weight is 250 g/mol. The number of halogens is 2. The van der Waals surface area contributed by atoms with Gasteiger partial charge < -0.3 is 9.84 Å². The summed E-state index contributed by atoms with van der Waals surface area (Å²) in [4.78, 5) is 0. The van der Waals surface area contributed by atoms with E-state index in [0.717, 1.165) is 0 Å². The third-order valence-corrected chi connectivity index (χ3v) is 2.46. The lowest BCUT2D eigenvalue weighted by Crippen LogP contribution is -1.97. The Balaban J connectivity index is 2.31. The maximum atomic E-state index is 13.1. The van der Waals surface area contributed by atoms with Gasteiger partial charge in [-0.3, -0.25) is 0 Å². The van der Waals surface area contributed by atoms with Crippen LogP contribution in [-0.4, -0.2) is 5.11 Å². The van der Waals surface area contributed by atoms with Gasteiger partial charge in [-0.05, 0) is 49.4 Å². The molecule has 0 saturated carbocycles. The number of rotatable bonds is 3. The summed E-state index contributed by atoms with van der Waals surface area (Å²) in [5.41, 5.74) is 0.347. The monoisotopic (exact) mass is 250 g/mol. The lowest BCUT2D eigenvalue weighted by Gasteiger charge is -2.13. The number of hydrogen-bond acceptors (Lipinski definition) is 2. The molecule has 1 atom stereocenters. The number of aliphatic hydroxyl groups excluding tert-OH is 1. The lowest BCUT2D eigenvalue weighted by atomic mass is 10.1. The van der Waals surface area contributed by atoms with Gasteiger partial charge in [0.05, 0.1) is 6.10 Å². The Bertz CT molecular complexity index is 536. The third-order valence-electron chi connectivity index (χ3n) is 2.46. The first-order chi connectivity index (χ1) is 8.56. The van der Waals surface area contributed by atoms with E-state index in [-0.39, 0.29) is 5.82 Å². The summed E-state index contributed by atoms with van der Waals surface area (Å²) in [6, 6.07) is 9.34. The van der Waals surface area contributed by atoms with Crippen LogP contribution in [0.1, 0.15) is 18.6 Å². The van der Waals surface area contributed by atoms with Crippen molar-refractivity contribution in [2.45, 2.75) is 13.0 Å². The number of aliphatic hydroxyl groups is 1. The van der Waals surface area contributed by atoms with Crippen molar-refractivity contribution in [1.82, 2.24) is 0 Å². The van der Waals surface area contributed by atoms with Gasteiger partial charge in [0, 0.05) is 5.56 Å². The lowest BCUT2D eigenvalue weighted by molar-refractivity contribution is 0.195. The molecule has 0 saturated heterocycles. The standard InChI is InChI=1S/C14H12F2O2/c1-9(17)13-8-11(16)4-7-14(13)18-12-5-2-10(15)3-6-12/h2-9,17H,1H3/t9-/m0/s1. The van der Waals surface area contributed by atoms with E-state index in [0.29, 0.717) is 17.1 Å². The Morgan fingerprint density at radius 1 is 1.00 bits per heavy atom. The molecule has 0 bridgehead atoms. The Kier molecular flexibility index (Phi) is 3.58. The van der Waals surface area contributed by atoms with E-state index in [2.05, 4.69) is 0 Å². The summed E-state index contributed by atoms with van der Waals surface area (Å²) in [6.45, 7) is 1.52. The van der Waals surface area contributed by atoms with Crippen molar-refractivity contribution in [3.63, 3.8) is 0 Å². The fourth-order valence-corrected chi connectivity index (χ4v) is 1.57. The van der Waals surface area contributed by atoms with Crippen molar-refractivity contribution in [2.24, 2.45) is 0 Å². The fourth-order valence-electron chi connectivity index (χ4n) is 1.57. The van der Waals surface area contributed by atoms with Crippen molar-refractivity contribution in [3.05, 3.63) is 59.7 Å². The van der Waals surface area contributed by atoms with Gasteiger partial charge in [-0.2, -0.15) is 0 Å². The van der Waals surface area contributed by atoms with Crippen LogP contribution in [0.25, 0.3) is 0 Å². The van der Waals surface area contributed by atoms with E-state index in [9.17, 15) is 13.9 Å². The van der Waals surface area contributed by atoms with Crippen LogP contribution in [0.15, 0.2) is 42.5 Å². The molecule has 2 aromatic rings. The first-order valence-electron chi connectivity index (χ1n) is 5.47. The van der Waals surface area contributed by atoms with Gasteiger partial charge in [0.2, 0.25) is 0 Å². The molecule has 0 aliphatic heterocycles. The minimum atomic E-state index is -0.851. The molecule has 0 unspecified atom stereocenters. The SMILES string of the molecule is C[C@H](O)c1cc(F)ccc1Oc1ccc(F)cc1. The van der Waals surface area contributed by atoms with Gasteiger partial charge in [-0.25, -0.2) is 8.78 Å². The second-order valence-electron chi connectivity index (χ2n) is 3.91. The molecule has 0 aliphatic rings. The van der Waals surface area contributed by atoms with Crippen LogP contribution >= 0.6 is 0 Å². The smallest absolute Gasteiger partial charge is 0.133 e. The quantitative estimate of drug-likeness (QED) is 0.897. The highest BCUT2D eigenvalue weighted by Gasteiger charge is 2.11. The molecular weight excluding hydrogens is 238 g/mol. The first kappa shape index (κ1) is 12.5. The second-order valence-corrected chi connectivity index (χ2v) is 3.91. The molecule has 0 amide bonds. The van der Waals surface area contributed by atoms with Crippen molar-refractivity contribution in [3.8, 4) is 11.5 Å². The summed E-state index contributed by atoms with van der Waals surface area (Å²) in [5.74, 6) is -0.0440. The number of benzene rings is 2. The maximum Gasteiger partial charge on any atom is 0.133 e. The topological polar surface area (TPSA) is 29.5 Å². The molecule has 94 valence electrons. The molecule has 18 heavy (non-hydrogen) atoms.